The Morgan fingerprint density at radius 1 is 1.13 bits per heavy atom. The van der Waals surface area contributed by atoms with Crippen molar-refractivity contribution >= 4 is 21.9 Å². The summed E-state index contributed by atoms with van der Waals surface area (Å²) in [4.78, 5) is 22.9. The molecule has 1 atom stereocenters. The number of primary amides is 1. The molecule has 0 bridgehead atoms. The van der Waals surface area contributed by atoms with Gasteiger partial charge in [0.05, 0.1) is 10.5 Å². The van der Waals surface area contributed by atoms with Crippen LogP contribution in [0.4, 0.5) is 0 Å². The van der Waals surface area contributed by atoms with Crippen molar-refractivity contribution in [3.63, 3.8) is 0 Å². The van der Waals surface area contributed by atoms with Crippen LogP contribution in [0.15, 0.2) is 29.2 Å². The summed E-state index contributed by atoms with van der Waals surface area (Å²) < 4.78 is 31.3. The second kappa shape index (κ2) is 7.10. The minimum absolute atomic E-state index is 0.138. The topological polar surface area (TPSA) is 107 Å². The monoisotopic (exact) mass is 340 g/mol. The molecule has 1 aromatic carbocycles. The number of carbonyl (C=O) groups excluding carboxylic acids is 2. The fourth-order valence-electron chi connectivity index (χ4n) is 2.30. The molecule has 1 heterocycles. The minimum atomic E-state index is -3.53. The number of benzene rings is 1. The first kappa shape index (κ1) is 17.4. The van der Waals surface area contributed by atoms with E-state index in [2.05, 4.69) is 0 Å². The van der Waals surface area contributed by atoms with Gasteiger partial charge >= 0.3 is 5.97 Å². The number of hydrogen-bond donors (Lipinski definition) is 1. The highest BCUT2D eigenvalue weighted by molar-refractivity contribution is 7.89. The van der Waals surface area contributed by atoms with Crippen molar-refractivity contribution in [2.75, 3.05) is 13.1 Å². The SMILES string of the molecule is C[C@@H](OC(=O)c1ccc(S(=O)(=O)N2CCCCC2)cc1)C(N)=O. The molecule has 0 unspecified atom stereocenters. The summed E-state index contributed by atoms with van der Waals surface area (Å²) in [5.41, 5.74) is 5.19. The Morgan fingerprint density at radius 2 is 1.70 bits per heavy atom. The van der Waals surface area contributed by atoms with Crippen LogP contribution in [0.2, 0.25) is 0 Å². The van der Waals surface area contributed by atoms with E-state index in [0.29, 0.717) is 13.1 Å². The number of sulfonamides is 1. The van der Waals surface area contributed by atoms with E-state index in [1.54, 1.807) is 0 Å². The molecule has 0 aromatic heterocycles. The van der Waals surface area contributed by atoms with Crippen molar-refractivity contribution in [2.45, 2.75) is 37.2 Å². The summed E-state index contributed by atoms with van der Waals surface area (Å²) in [7, 11) is -3.53. The Kier molecular flexibility index (Phi) is 5.38. The molecule has 2 N–H and O–H groups in total. The molecule has 126 valence electrons. The molecule has 1 aliphatic heterocycles. The Morgan fingerprint density at radius 3 is 2.22 bits per heavy atom. The number of hydrogen-bond acceptors (Lipinski definition) is 5. The van der Waals surface area contributed by atoms with Gasteiger partial charge in [-0.3, -0.25) is 4.79 Å². The van der Waals surface area contributed by atoms with Crippen LogP contribution < -0.4 is 5.73 Å². The maximum absolute atomic E-state index is 12.5. The summed E-state index contributed by atoms with van der Waals surface area (Å²) >= 11 is 0. The lowest BCUT2D eigenvalue weighted by molar-refractivity contribution is -0.125. The van der Waals surface area contributed by atoms with Gasteiger partial charge in [0.1, 0.15) is 0 Å². The van der Waals surface area contributed by atoms with E-state index in [-0.39, 0.29) is 10.5 Å². The largest absolute Gasteiger partial charge is 0.449 e. The smallest absolute Gasteiger partial charge is 0.338 e. The third-order valence-corrected chi connectivity index (χ3v) is 5.64. The third kappa shape index (κ3) is 4.08. The van der Waals surface area contributed by atoms with E-state index < -0.39 is 28.0 Å². The molecule has 7 nitrogen and oxygen atoms in total. The molecule has 0 spiro atoms. The first-order valence-corrected chi connectivity index (χ1v) is 8.87. The average molecular weight is 340 g/mol. The van der Waals surface area contributed by atoms with Gasteiger partial charge in [0.15, 0.2) is 6.10 Å². The first-order chi connectivity index (χ1) is 10.8. The van der Waals surface area contributed by atoms with E-state index >= 15 is 0 Å². The van der Waals surface area contributed by atoms with Crippen molar-refractivity contribution in [1.82, 2.24) is 4.31 Å². The van der Waals surface area contributed by atoms with Gasteiger partial charge in [0.25, 0.3) is 5.91 Å². The molecule has 1 saturated heterocycles. The summed E-state index contributed by atoms with van der Waals surface area (Å²) in [6.45, 7) is 2.40. The molecule has 1 aromatic rings. The Balaban J connectivity index is 2.12. The Hall–Kier alpha value is -1.93. The van der Waals surface area contributed by atoms with Crippen molar-refractivity contribution in [3.8, 4) is 0 Å². The molecule has 1 amide bonds. The van der Waals surface area contributed by atoms with Crippen LogP contribution in [0.3, 0.4) is 0 Å². The van der Waals surface area contributed by atoms with Crippen LogP contribution in [0.5, 0.6) is 0 Å². The molecular weight excluding hydrogens is 320 g/mol. The number of nitrogens with two attached hydrogens (primary N) is 1. The number of esters is 1. The maximum Gasteiger partial charge on any atom is 0.338 e. The van der Waals surface area contributed by atoms with Crippen molar-refractivity contribution in [1.29, 1.82) is 0 Å². The fourth-order valence-corrected chi connectivity index (χ4v) is 3.82. The molecule has 0 saturated carbocycles. The summed E-state index contributed by atoms with van der Waals surface area (Å²) in [5.74, 6) is -1.47. The number of carbonyl (C=O) groups is 2. The summed E-state index contributed by atoms with van der Waals surface area (Å²) in [6, 6.07) is 5.48. The van der Waals surface area contributed by atoms with Crippen LogP contribution in [-0.2, 0) is 19.6 Å². The lowest BCUT2D eigenvalue weighted by Crippen LogP contribution is -2.35. The van der Waals surface area contributed by atoms with Crippen LogP contribution >= 0.6 is 0 Å². The van der Waals surface area contributed by atoms with Gasteiger partial charge in [0.2, 0.25) is 10.0 Å². The van der Waals surface area contributed by atoms with E-state index in [1.165, 1.54) is 35.5 Å². The number of nitrogens with zero attached hydrogens (tertiary/aromatic N) is 1. The van der Waals surface area contributed by atoms with Gasteiger partial charge in [-0.1, -0.05) is 6.42 Å². The van der Waals surface area contributed by atoms with Crippen molar-refractivity contribution in [2.24, 2.45) is 5.73 Å². The van der Waals surface area contributed by atoms with Gasteiger partial charge in [-0.2, -0.15) is 4.31 Å². The van der Waals surface area contributed by atoms with E-state index in [9.17, 15) is 18.0 Å². The zero-order valence-corrected chi connectivity index (χ0v) is 13.7. The highest BCUT2D eigenvalue weighted by atomic mass is 32.2. The normalized spacial score (nSPS) is 17.4. The summed E-state index contributed by atoms with van der Waals surface area (Å²) in [6.07, 6.45) is 1.71. The molecule has 2 rings (SSSR count). The maximum atomic E-state index is 12.5. The number of ether oxygens (including phenoxy) is 1. The van der Waals surface area contributed by atoms with E-state index in [0.717, 1.165) is 19.3 Å². The highest BCUT2D eigenvalue weighted by Gasteiger charge is 2.26. The Bertz CT molecular complexity index is 678. The average Bonchev–Trinajstić information content (AvgIpc) is 2.55. The van der Waals surface area contributed by atoms with E-state index in [1.807, 2.05) is 0 Å². The van der Waals surface area contributed by atoms with Crippen molar-refractivity contribution in [3.05, 3.63) is 29.8 Å². The third-order valence-electron chi connectivity index (χ3n) is 3.73. The van der Waals surface area contributed by atoms with Gasteiger partial charge in [0, 0.05) is 13.1 Å². The second-order valence-corrected chi connectivity index (χ2v) is 7.38. The van der Waals surface area contributed by atoms with Gasteiger partial charge < -0.3 is 10.5 Å². The van der Waals surface area contributed by atoms with Crippen molar-refractivity contribution < 1.29 is 22.7 Å². The molecular formula is C15H20N2O5S. The molecule has 8 heteroatoms. The minimum Gasteiger partial charge on any atom is -0.449 e. The first-order valence-electron chi connectivity index (χ1n) is 7.43. The molecule has 1 fully saturated rings. The standard InChI is InChI=1S/C15H20N2O5S/c1-11(14(16)18)22-15(19)12-5-7-13(8-6-12)23(20,21)17-9-3-2-4-10-17/h5-8,11H,2-4,9-10H2,1H3,(H2,16,18)/t11-/m1/s1. The zero-order chi connectivity index (χ0) is 17.0. The second-order valence-electron chi connectivity index (χ2n) is 5.44. The molecule has 1 aliphatic rings. The lowest BCUT2D eigenvalue weighted by Gasteiger charge is -2.25. The van der Waals surface area contributed by atoms with Gasteiger partial charge in [-0.15, -0.1) is 0 Å². The number of rotatable bonds is 5. The van der Waals surface area contributed by atoms with Crippen LogP contribution in [0.25, 0.3) is 0 Å². The summed E-state index contributed by atoms with van der Waals surface area (Å²) in [5, 5.41) is 0. The van der Waals surface area contributed by atoms with Gasteiger partial charge in [-0.05, 0) is 44.0 Å². The van der Waals surface area contributed by atoms with Crippen LogP contribution in [0, 0.1) is 0 Å². The number of piperidine rings is 1. The number of amides is 1. The zero-order valence-electron chi connectivity index (χ0n) is 12.9. The highest BCUT2D eigenvalue weighted by Crippen LogP contribution is 2.21. The molecule has 0 radical (unpaired) electrons. The van der Waals surface area contributed by atoms with Gasteiger partial charge in [-0.25, -0.2) is 13.2 Å². The quantitative estimate of drug-likeness (QED) is 0.801. The van der Waals surface area contributed by atoms with E-state index in [4.69, 9.17) is 10.5 Å². The fraction of sp³-hybridized carbons (Fsp3) is 0.467. The Labute approximate surface area is 135 Å². The molecule has 23 heavy (non-hydrogen) atoms. The van der Waals surface area contributed by atoms with Crippen LogP contribution in [0.1, 0.15) is 36.5 Å². The lowest BCUT2D eigenvalue weighted by atomic mass is 10.2. The van der Waals surface area contributed by atoms with Crippen LogP contribution in [-0.4, -0.2) is 43.8 Å². The predicted molar refractivity (Wildman–Crippen MR) is 83.1 cm³/mol. The predicted octanol–water partition coefficient (Wildman–Crippen LogP) is 0.892. The molecule has 0 aliphatic carbocycles.